The highest BCUT2D eigenvalue weighted by molar-refractivity contribution is 5.98. The molecule has 4 N–H and O–H groups in total. The zero-order chi connectivity index (χ0) is 14.7. The van der Waals surface area contributed by atoms with Crippen molar-refractivity contribution in [2.45, 2.75) is 31.9 Å². The molecule has 1 fully saturated rings. The third kappa shape index (κ3) is 2.94. The number of primary amides is 1. The molecule has 20 heavy (non-hydrogen) atoms. The minimum absolute atomic E-state index is 0.175. The van der Waals surface area contributed by atoms with Gasteiger partial charge in [0.05, 0.1) is 17.4 Å². The number of piperidine rings is 1. The first-order valence-corrected chi connectivity index (χ1v) is 6.96. The molecule has 2 atom stereocenters. The van der Waals surface area contributed by atoms with Crippen molar-refractivity contribution in [2.24, 2.45) is 11.5 Å². The van der Waals surface area contributed by atoms with Crippen LogP contribution in [0, 0.1) is 6.92 Å². The molecule has 1 aromatic carbocycles. The Labute approximate surface area is 119 Å². The van der Waals surface area contributed by atoms with Crippen molar-refractivity contribution >= 4 is 11.6 Å². The van der Waals surface area contributed by atoms with E-state index in [4.69, 9.17) is 16.2 Å². The zero-order valence-corrected chi connectivity index (χ0v) is 12.1. The second kappa shape index (κ2) is 6.24. The predicted molar refractivity (Wildman–Crippen MR) is 79.9 cm³/mol. The third-order valence-electron chi connectivity index (χ3n) is 4.00. The number of benzene rings is 1. The molecule has 2 unspecified atom stereocenters. The number of nitrogens with two attached hydrogens (primary N) is 2. The largest absolute Gasteiger partial charge is 0.381 e. The van der Waals surface area contributed by atoms with E-state index >= 15 is 0 Å². The van der Waals surface area contributed by atoms with Crippen LogP contribution in [0.25, 0.3) is 0 Å². The number of hydrogen-bond donors (Lipinski definition) is 2. The van der Waals surface area contributed by atoms with Crippen molar-refractivity contribution in [3.8, 4) is 0 Å². The molecule has 0 bridgehead atoms. The lowest BCUT2D eigenvalue weighted by Gasteiger charge is -2.40. The summed E-state index contributed by atoms with van der Waals surface area (Å²) in [7, 11) is 1.73. The Morgan fingerprint density at radius 3 is 2.85 bits per heavy atom. The molecule has 1 aliphatic rings. The quantitative estimate of drug-likeness (QED) is 0.861. The van der Waals surface area contributed by atoms with Gasteiger partial charge < -0.3 is 21.1 Å². The number of methoxy groups -OCH3 is 1. The molecule has 2 rings (SSSR count). The average Bonchev–Trinajstić information content (AvgIpc) is 2.46. The van der Waals surface area contributed by atoms with Gasteiger partial charge in [0.15, 0.2) is 0 Å². The SMILES string of the molecule is COC1CCN(c2cc(C)ccc2C(N)=O)C(CN)C1. The van der Waals surface area contributed by atoms with Crippen LogP contribution in [0.3, 0.4) is 0 Å². The van der Waals surface area contributed by atoms with E-state index in [0.717, 1.165) is 30.6 Å². The normalized spacial score (nSPS) is 22.9. The van der Waals surface area contributed by atoms with Gasteiger partial charge in [-0.3, -0.25) is 4.79 Å². The molecule has 1 amide bonds. The minimum atomic E-state index is -0.398. The summed E-state index contributed by atoms with van der Waals surface area (Å²) in [6.07, 6.45) is 2.04. The number of amides is 1. The van der Waals surface area contributed by atoms with Gasteiger partial charge in [-0.15, -0.1) is 0 Å². The number of hydrogen-bond acceptors (Lipinski definition) is 4. The molecule has 110 valence electrons. The fourth-order valence-electron chi connectivity index (χ4n) is 2.86. The molecule has 0 aromatic heterocycles. The highest BCUT2D eigenvalue weighted by Gasteiger charge is 2.29. The van der Waals surface area contributed by atoms with Gasteiger partial charge in [0.1, 0.15) is 0 Å². The van der Waals surface area contributed by atoms with E-state index in [2.05, 4.69) is 4.90 Å². The molecule has 0 aliphatic carbocycles. The fourth-order valence-corrected chi connectivity index (χ4v) is 2.86. The highest BCUT2D eigenvalue weighted by atomic mass is 16.5. The lowest BCUT2D eigenvalue weighted by molar-refractivity contribution is 0.0709. The number of aryl methyl sites for hydroxylation is 1. The van der Waals surface area contributed by atoms with Gasteiger partial charge in [-0.25, -0.2) is 0 Å². The van der Waals surface area contributed by atoms with Crippen LogP contribution in [0.1, 0.15) is 28.8 Å². The van der Waals surface area contributed by atoms with Crippen LogP contribution in [0.5, 0.6) is 0 Å². The number of carbonyl (C=O) groups is 1. The van der Waals surface area contributed by atoms with E-state index < -0.39 is 5.91 Å². The Kier molecular flexibility index (Phi) is 4.62. The van der Waals surface area contributed by atoms with Crippen LogP contribution >= 0.6 is 0 Å². The molecule has 0 saturated carbocycles. The summed E-state index contributed by atoms with van der Waals surface area (Å²) in [5.74, 6) is -0.398. The number of rotatable bonds is 4. The number of nitrogens with zero attached hydrogens (tertiary/aromatic N) is 1. The Balaban J connectivity index is 2.34. The maximum Gasteiger partial charge on any atom is 0.250 e. The summed E-state index contributed by atoms with van der Waals surface area (Å²) in [5, 5.41) is 0. The molecular weight excluding hydrogens is 254 g/mol. The lowest BCUT2D eigenvalue weighted by atomic mass is 9.96. The van der Waals surface area contributed by atoms with E-state index in [0.29, 0.717) is 12.1 Å². The molecule has 1 aliphatic heterocycles. The minimum Gasteiger partial charge on any atom is -0.381 e. The molecule has 0 radical (unpaired) electrons. The van der Waals surface area contributed by atoms with Crippen LogP contribution in [-0.2, 0) is 4.74 Å². The number of anilines is 1. The van der Waals surface area contributed by atoms with Crippen LogP contribution in [0.15, 0.2) is 18.2 Å². The van der Waals surface area contributed by atoms with Crippen molar-refractivity contribution in [3.63, 3.8) is 0 Å². The molecule has 1 saturated heterocycles. The van der Waals surface area contributed by atoms with E-state index in [1.54, 1.807) is 13.2 Å². The van der Waals surface area contributed by atoms with Crippen LogP contribution in [0.4, 0.5) is 5.69 Å². The van der Waals surface area contributed by atoms with Gasteiger partial charge in [-0.2, -0.15) is 0 Å². The van der Waals surface area contributed by atoms with Crippen LogP contribution < -0.4 is 16.4 Å². The fraction of sp³-hybridized carbons (Fsp3) is 0.533. The summed E-state index contributed by atoms with van der Waals surface area (Å²) >= 11 is 0. The molecular formula is C15H23N3O2. The van der Waals surface area contributed by atoms with Gasteiger partial charge in [0, 0.05) is 26.2 Å². The molecule has 1 aromatic rings. The predicted octanol–water partition coefficient (Wildman–Crippen LogP) is 1.04. The van der Waals surface area contributed by atoms with E-state index in [-0.39, 0.29) is 12.1 Å². The van der Waals surface area contributed by atoms with Gasteiger partial charge in [-0.05, 0) is 37.5 Å². The zero-order valence-electron chi connectivity index (χ0n) is 12.1. The van der Waals surface area contributed by atoms with Gasteiger partial charge >= 0.3 is 0 Å². The van der Waals surface area contributed by atoms with Crippen molar-refractivity contribution < 1.29 is 9.53 Å². The molecule has 0 spiro atoms. The first kappa shape index (κ1) is 14.8. The van der Waals surface area contributed by atoms with Crippen molar-refractivity contribution in [1.82, 2.24) is 0 Å². The summed E-state index contributed by atoms with van der Waals surface area (Å²) in [6, 6.07) is 5.88. The van der Waals surface area contributed by atoms with Gasteiger partial charge in [0.2, 0.25) is 0 Å². The monoisotopic (exact) mass is 277 g/mol. The molecule has 5 heteroatoms. The topological polar surface area (TPSA) is 81.6 Å². The van der Waals surface area contributed by atoms with Crippen molar-refractivity contribution in [2.75, 3.05) is 25.1 Å². The third-order valence-corrected chi connectivity index (χ3v) is 4.00. The highest BCUT2D eigenvalue weighted by Crippen LogP contribution is 2.29. The number of carbonyl (C=O) groups excluding carboxylic acids is 1. The second-order valence-corrected chi connectivity index (χ2v) is 5.35. The standard InChI is InChI=1S/C15H23N3O2/c1-10-3-4-13(15(17)19)14(7-10)18-6-5-12(20-2)8-11(18)9-16/h3-4,7,11-12H,5-6,8-9,16H2,1-2H3,(H2,17,19). The van der Waals surface area contributed by atoms with E-state index in [9.17, 15) is 4.79 Å². The Bertz CT molecular complexity index is 490. The van der Waals surface area contributed by atoms with Gasteiger partial charge in [-0.1, -0.05) is 6.07 Å². The molecule has 5 nitrogen and oxygen atoms in total. The maximum atomic E-state index is 11.6. The smallest absolute Gasteiger partial charge is 0.250 e. The van der Waals surface area contributed by atoms with Crippen molar-refractivity contribution in [1.29, 1.82) is 0 Å². The summed E-state index contributed by atoms with van der Waals surface area (Å²) < 4.78 is 5.43. The Hall–Kier alpha value is -1.59. The summed E-state index contributed by atoms with van der Waals surface area (Å²) in [6.45, 7) is 3.36. The summed E-state index contributed by atoms with van der Waals surface area (Å²) in [4.78, 5) is 13.8. The second-order valence-electron chi connectivity index (χ2n) is 5.35. The van der Waals surface area contributed by atoms with E-state index in [1.807, 2.05) is 19.1 Å². The maximum absolute atomic E-state index is 11.6. The summed E-state index contributed by atoms with van der Waals surface area (Å²) in [5.41, 5.74) is 13.9. The van der Waals surface area contributed by atoms with Gasteiger partial charge in [0.25, 0.3) is 5.91 Å². The molecule has 1 heterocycles. The Morgan fingerprint density at radius 1 is 1.50 bits per heavy atom. The van der Waals surface area contributed by atoms with E-state index in [1.165, 1.54) is 0 Å². The number of ether oxygens (including phenoxy) is 1. The Morgan fingerprint density at radius 2 is 2.25 bits per heavy atom. The van der Waals surface area contributed by atoms with Crippen LogP contribution in [-0.4, -0.2) is 38.3 Å². The first-order valence-electron chi connectivity index (χ1n) is 6.96. The van der Waals surface area contributed by atoms with Crippen LogP contribution in [0.2, 0.25) is 0 Å². The van der Waals surface area contributed by atoms with Crippen molar-refractivity contribution in [3.05, 3.63) is 29.3 Å². The average molecular weight is 277 g/mol. The lowest BCUT2D eigenvalue weighted by Crippen LogP contribution is -2.49. The first-order chi connectivity index (χ1) is 9.56.